The van der Waals surface area contributed by atoms with Gasteiger partial charge in [0.05, 0.1) is 45.2 Å². The molecule has 1 aromatic heterocycles. The van der Waals surface area contributed by atoms with Gasteiger partial charge >= 0.3 is 0 Å². The molecule has 2 heterocycles. The summed E-state index contributed by atoms with van der Waals surface area (Å²) in [7, 11) is 1.65. The third-order valence-corrected chi connectivity index (χ3v) is 5.01. The Balaban J connectivity index is 1.83. The van der Waals surface area contributed by atoms with Gasteiger partial charge in [0.15, 0.2) is 0 Å². The van der Waals surface area contributed by atoms with Crippen molar-refractivity contribution in [3.8, 4) is 11.5 Å². The van der Waals surface area contributed by atoms with Gasteiger partial charge in [0.2, 0.25) is 0 Å². The molecule has 2 N–H and O–H groups in total. The van der Waals surface area contributed by atoms with Crippen LogP contribution in [0.25, 0.3) is 0 Å². The van der Waals surface area contributed by atoms with Crippen LogP contribution in [0, 0.1) is 6.92 Å². The molecule has 7 nitrogen and oxygen atoms in total. The lowest BCUT2D eigenvalue weighted by Gasteiger charge is -2.34. The topological polar surface area (TPSA) is 87.4 Å². The number of hydrogen-bond acceptors (Lipinski definition) is 7. The molecule has 0 aliphatic carbocycles. The maximum atomic E-state index is 10.3. The van der Waals surface area contributed by atoms with E-state index in [2.05, 4.69) is 27.0 Å². The largest absolute Gasteiger partial charge is 0.505 e. The summed E-state index contributed by atoms with van der Waals surface area (Å²) in [6.07, 6.45) is 3.20. The predicted octanol–water partition coefficient (Wildman–Crippen LogP) is 2.09. The van der Waals surface area contributed by atoms with Crippen LogP contribution in [0.3, 0.4) is 0 Å². The highest BCUT2D eigenvalue weighted by molar-refractivity contribution is 5.85. The SMILES string of the molecule is COc1ccc([C@@H](CN=Cc2c(CO)cnc(C)c2O)N2CCOCC2)cc1. The van der Waals surface area contributed by atoms with Gasteiger partial charge in [-0.15, -0.1) is 0 Å². The molecule has 0 unspecified atom stereocenters. The lowest BCUT2D eigenvalue weighted by atomic mass is 10.0. The first-order valence-corrected chi connectivity index (χ1v) is 9.38. The smallest absolute Gasteiger partial charge is 0.145 e. The Morgan fingerprint density at radius 2 is 2.00 bits per heavy atom. The highest BCUT2D eigenvalue weighted by Crippen LogP contribution is 2.26. The first kappa shape index (κ1) is 20.3. The zero-order valence-electron chi connectivity index (χ0n) is 16.3. The minimum absolute atomic E-state index is 0.0580. The third-order valence-electron chi connectivity index (χ3n) is 5.01. The first-order chi connectivity index (χ1) is 13.6. The summed E-state index contributed by atoms with van der Waals surface area (Å²) in [4.78, 5) is 11.0. The second kappa shape index (κ2) is 9.64. The average molecular weight is 385 g/mol. The molecule has 3 rings (SSSR count). The Morgan fingerprint density at radius 3 is 2.64 bits per heavy atom. The predicted molar refractivity (Wildman–Crippen MR) is 107 cm³/mol. The molecule has 0 bridgehead atoms. The summed E-state index contributed by atoms with van der Waals surface area (Å²) in [5, 5.41) is 19.8. The zero-order chi connectivity index (χ0) is 19.9. The number of morpholine rings is 1. The lowest BCUT2D eigenvalue weighted by Crippen LogP contribution is -2.40. The molecule has 2 aromatic rings. The fraction of sp³-hybridized carbons (Fsp3) is 0.429. The average Bonchev–Trinajstić information content (AvgIpc) is 2.75. The van der Waals surface area contributed by atoms with Gasteiger partial charge in [-0.2, -0.15) is 0 Å². The van der Waals surface area contributed by atoms with Gasteiger partial charge in [-0.25, -0.2) is 0 Å². The molecule has 7 heteroatoms. The number of hydrogen-bond donors (Lipinski definition) is 2. The highest BCUT2D eigenvalue weighted by Gasteiger charge is 2.22. The Labute approximate surface area is 165 Å². The van der Waals surface area contributed by atoms with Gasteiger partial charge < -0.3 is 19.7 Å². The van der Waals surface area contributed by atoms with Crippen molar-refractivity contribution >= 4 is 6.21 Å². The number of aliphatic hydroxyl groups excluding tert-OH is 1. The van der Waals surface area contributed by atoms with Crippen molar-refractivity contribution in [2.45, 2.75) is 19.6 Å². The molecule has 0 amide bonds. The molecule has 1 aromatic carbocycles. The van der Waals surface area contributed by atoms with Gasteiger partial charge in [-0.05, 0) is 24.6 Å². The summed E-state index contributed by atoms with van der Waals surface area (Å²) in [6, 6.07) is 8.11. The number of pyridine rings is 1. The highest BCUT2D eigenvalue weighted by atomic mass is 16.5. The number of aromatic nitrogens is 1. The van der Waals surface area contributed by atoms with Crippen LogP contribution in [0.2, 0.25) is 0 Å². The summed E-state index contributed by atoms with van der Waals surface area (Å²) in [5.74, 6) is 0.875. The monoisotopic (exact) mass is 385 g/mol. The summed E-state index contributed by atoms with van der Waals surface area (Å²) >= 11 is 0. The van der Waals surface area contributed by atoms with Crippen molar-refractivity contribution in [1.82, 2.24) is 9.88 Å². The fourth-order valence-electron chi connectivity index (χ4n) is 3.31. The fourth-order valence-corrected chi connectivity index (χ4v) is 3.31. The molecule has 28 heavy (non-hydrogen) atoms. The Bertz CT molecular complexity index is 802. The van der Waals surface area contributed by atoms with Crippen LogP contribution in [0.5, 0.6) is 11.5 Å². The van der Waals surface area contributed by atoms with E-state index in [1.54, 1.807) is 26.4 Å². The normalized spacial score (nSPS) is 16.4. The number of aromatic hydroxyl groups is 1. The number of benzene rings is 1. The van der Waals surface area contributed by atoms with Gasteiger partial charge in [-0.3, -0.25) is 14.9 Å². The van der Waals surface area contributed by atoms with E-state index in [9.17, 15) is 10.2 Å². The van der Waals surface area contributed by atoms with Crippen molar-refractivity contribution in [3.05, 3.63) is 52.8 Å². The van der Waals surface area contributed by atoms with Gasteiger partial charge in [0, 0.05) is 36.6 Å². The number of aliphatic imine (C=N–C) groups is 1. The van der Waals surface area contributed by atoms with Crippen molar-refractivity contribution in [3.63, 3.8) is 0 Å². The van der Waals surface area contributed by atoms with E-state index in [0.29, 0.717) is 36.6 Å². The number of nitrogens with zero attached hydrogens (tertiary/aromatic N) is 3. The molecule has 150 valence electrons. The molecular weight excluding hydrogens is 358 g/mol. The van der Waals surface area contributed by atoms with Gasteiger partial charge in [-0.1, -0.05) is 12.1 Å². The standard InChI is InChI=1S/C21H27N3O4/c1-15-21(26)19(17(14-25)11-23-15)12-22-13-20(24-7-9-28-10-8-24)16-3-5-18(27-2)6-4-16/h3-6,11-12,20,25-26H,7-10,13-14H2,1-2H3/t20-/m1/s1. The van der Waals surface area contributed by atoms with E-state index in [1.165, 1.54) is 0 Å². The molecule has 0 saturated carbocycles. The summed E-state index contributed by atoms with van der Waals surface area (Å²) < 4.78 is 10.8. The molecule has 1 saturated heterocycles. The summed E-state index contributed by atoms with van der Waals surface area (Å²) in [6.45, 7) is 5.14. The maximum Gasteiger partial charge on any atom is 0.145 e. The Hall–Kier alpha value is -2.48. The molecule has 1 fully saturated rings. The number of rotatable bonds is 7. The lowest BCUT2D eigenvalue weighted by molar-refractivity contribution is 0.0180. The second-order valence-electron chi connectivity index (χ2n) is 6.72. The van der Waals surface area contributed by atoms with Crippen LogP contribution >= 0.6 is 0 Å². The summed E-state index contributed by atoms with van der Waals surface area (Å²) in [5.41, 5.74) is 2.74. The van der Waals surface area contributed by atoms with E-state index in [0.717, 1.165) is 24.4 Å². The maximum absolute atomic E-state index is 10.3. The van der Waals surface area contributed by atoms with E-state index < -0.39 is 0 Å². The molecule has 0 radical (unpaired) electrons. The van der Waals surface area contributed by atoms with Crippen molar-refractivity contribution in [2.75, 3.05) is 40.0 Å². The van der Waals surface area contributed by atoms with Crippen LogP contribution in [0.1, 0.15) is 28.4 Å². The molecule has 0 spiro atoms. The molecule has 1 aliphatic rings. The zero-order valence-corrected chi connectivity index (χ0v) is 16.3. The Kier molecular flexibility index (Phi) is 6.97. The minimum atomic E-state index is -0.201. The number of aliphatic hydroxyl groups is 1. The number of methoxy groups -OCH3 is 1. The second-order valence-corrected chi connectivity index (χ2v) is 6.72. The van der Waals surface area contributed by atoms with Crippen LogP contribution in [-0.4, -0.2) is 66.3 Å². The van der Waals surface area contributed by atoms with Crippen molar-refractivity contribution in [2.24, 2.45) is 4.99 Å². The molecule has 1 aliphatic heterocycles. The molecule has 1 atom stereocenters. The van der Waals surface area contributed by atoms with Gasteiger partial charge in [0.1, 0.15) is 11.5 Å². The van der Waals surface area contributed by atoms with E-state index in [-0.39, 0.29) is 18.4 Å². The van der Waals surface area contributed by atoms with Crippen molar-refractivity contribution < 1.29 is 19.7 Å². The van der Waals surface area contributed by atoms with E-state index >= 15 is 0 Å². The molecular formula is C21H27N3O4. The Morgan fingerprint density at radius 1 is 1.29 bits per heavy atom. The van der Waals surface area contributed by atoms with E-state index in [1.807, 2.05) is 12.1 Å². The van der Waals surface area contributed by atoms with Crippen LogP contribution in [-0.2, 0) is 11.3 Å². The first-order valence-electron chi connectivity index (χ1n) is 9.38. The van der Waals surface area contributed by atoms with Gasteiger partial charge in [0.25, 0.3) is 0 Å². The van der Waals surface area contributed by atoms with Crippen LogP contribution in [0.4, 0.5) is 0 Å². The number of ether oxygens (including phenoxy) is 2. The number of aryl methyl sites for hydroxylation is 1. The minimum Gasteiger partial charge on any atom is -0.505 e. The van der Waals surface area contributed by atoms with E-state index in [4.69, 9.17) is 9.47 Å². The van der Waals surface area contributed by atoms with Crippen LogP contribution < -0.4 is 4.74 Å². The van der Waals surface area contributed by atoms with Crippen LogP contribution in [0.15, 0.2) is 35.5 Å². The quantitative estimate of drug-likeness (QED) is 0.710. The van der Waals surface area contributed by atoms with Crippen molar-refractivity contribution in [1.29, 1.82) is 0 Å². The third kappa shape index (κ3) is 4.67.